The SMILES string of the molecule is COc1ccc(C2CCCN2C(=O)c2cc(-c3csc(C)n3)cn2C)cc1. The van der Waals surface area contributed by atoms with Gasteiger partial charge in [-0.3, -0.25) is 4.79 Å². The molecular formula is C21H23N3O2S. The standard InChI is InChI=1S/C21H23N3O2S/c1-14-22-18(13-27-14)16-11-20(23(2)12-16)21(25)24-10-4-5-19(24)15-6-8-17(26-3)9-7-15/h6-9,11-13,19H,4-5,10H2,1-3H3. The van der Waals surface area contributed by atoms with E-state index >= 15 is 0 Å². The van der Waals surface area contributed by atoms with Gasteiger partial charge in [0.15, 0.2) is 0 Å². The van der Waals surface area contributed by atoms with Crippen LogP contribution in [0.5, 0.6) is 5.75 Å². The van der Waals surface area contributed by atoms with Crippen molar-refractivity contribution < 1.29 is 9.53 Å². The molecule has 1 aliphatic heterocycles. The minimum Gasteiger partial charge on any atom is -0.497 e. The fourth-order valence-corrected chi connectivity index (χ4v) is 4.36. The number of hydrogen-bond acceptors (Lipinski definition) is 4. The summed E-state index contributed by atoms with van der Waals surface area (Å²) in [5, 5.41) is 3.07. The fourth-order valence-electron chi connectivity index (χ4n) is 3.74. The number of hydrogen-bond donors (Lipinski definition) is 0. The van der Waals surface area contributed by atoms with Gasteiger partial charge in [0, 0.05) is 30.7 Å². The number of thiazole rings is 1. The number of carbonyl (C=O) groups is 1. The molecule has 2 aromatic heterocycles. The van der Waals surface area contributed by atoms with E-state index < -0.39 is 0 Å². The largest absolute Gasteiger partial charge is 0.497 e. The van der Waals surface area contributed by atoms with E-state index in [-0.39, 0.29) is 11.9 Å². The van der Waals surface area contributed by atoms with Crippen molar-refractivity contribution in [2.24, 2.45) is 7.05 Å². The Kier molecular flexibility index (Phi) is 4.74. The summed E-state index contributed by atoms with van der Waals surface area (Å²) < 4.78 is 7.16. The Morgan fingerprint density at radius 1 is 1.30 bits per heavy atom. The third-order valence-corrected chi connectivity index (χ3v) is 5.93. The minimum absolute atomic E-state index is 0.0778. The molecule has 27 heavy (non-hydrogen) atoms. The number of aryl methyl sites for hydroxylation is 2. The van der Waals surface area contributed by atoms with Crippen molar-refractivity contribution >= 4 is 17.2 Å². The summed E-state index contributed by atoms with van der Waals surface area (Å²) in [6, 6.07) is 10.1. The topological polar surface area (TPSA) is 47.4 Å². The first kappa shape index (κ1) is 17.8. The van der Waals surface area contributed by atoms with Gasteiger partial charge in [-0.2, -0.15) is 0 Å². The van der Waals surface area contributed by atoms with Crippen LogP contribution in [0.1, 0.15) is 39.9 Å². The molecule has 1 unspecified atom stereocenters. The molecule has 3 aromatic rings. The Morgan fingerprint density at radius 2 is 2.07 bits per heavy atom. The molecule has 0 bridgehead atoms. The van der Waals surface area contributed by atoms with Gasteiger partial charge >= 0.3 is 0 Å². The predicted molar refractivity (Wildman–Crippen MR) is 107 cm³/mol. The zero-order valence-corrected chi connectivity index (χ0v) is 16.6. The van der Waals surface area contributed by atoms with Gasteiger partial charge in [-0.25, -0.2) is 4.98 Å². The van der Waals surface area contributed by atoms with Crippen LogP contribution in [-0.2, 0) is 7.05 Å². The molecule has 0 aliphatic carbocycles. The summed E-state index contributed by atoms with van der Waals surface area (Å²) in [4.78, 5) is 19.8. The maximum atomic E-state index is 13.3. The molecule has 3 heterocycles. The molecule has 0 saturated carbocycles. The fraction of sp³-hybridized carbons (Fsp3) is 0.333. The number of methoxy groups -OCH3 is 1. The highest BCUT2D eigenvalue weighted by Crippen LogP contribution is 2.34. The van der Waals surface area contributed by atoms with Crippen molar-refractivity contribution in [3.05, 3.63) is 58.2 Å². The molecule has 0 spiro atoms. The van der Waals surface area contributed by atoms with E-state index in [1.807, 2.05) is 53.2 Å². The number of nitrogens with zero attached hydrogens (tertiary/aromatic N) is 3. The van der Waals surface area contributed by atoms with Crippen LogP contribution < -0.4 is 4.74 Å². The molecule has 4 rings (SSSR count). The Balaban J connectivity index is 1.60. The van der Waals surface area contributed by atoms with Crippen LogP contribution in [0, 0.1) is 6.92 Å². The van der Waals surface area contributed by atoms with Crippen molar-refractivity contribution in [2.45, 2.75) is 25.8 Å². The van der Waals surface area contributed by atoms with Gasteiger partial charge in [0.1, 0.15) is 11.4 Å². The van der Waals surface area contributed by atoms with Gasteiger partial charge in [-0.1, -0.05) is 12.1 Å². The second kappa shape index (κ2) is 7.19. The first-order valence-electron chi connectivity index (χ1n) is 9.10. The van der Waals surface area contributed by atoms with Crippen LogP contribution in [-0.4, -0.2) is 34.0 Å². The zero-order chi connectivity index (χ0) is 19.0. The average molecular weight is 382 g/mol. The molecule has 1 atom stereocenters. The van der Waals surface area contributed by atoms with E-state index in [4.69, 9.17) is 4.74 Å². The van der Waals surface area contributed by atoms with Gasteiger partial charge in [-0.05, 0) is 43.5 Å². The summed E-state index contributed by atoms with van der Waals surface area (Å²) in [6.07, 6.45) is 3.99. The lowest BCUT2D eigenvalue weighted by Gasteiger charge is -2.25. The van der Waals surface area contributed by atoms with Crippen molar-refractivity contribution in [3.63, 3.8) is 0 Å². The van der Waals surface area contributed by atoms with Crippen molar-refractivity contribution in [3.8, 4) is 17.0 Å². The minimum atomic E-state index is 0.0778. The first-order valence-corrected chi connectivity index (χ1v) is 9.98. The number of amides is 1. The Bertz CT molecular complexity index is 958. The molecule has 0 radical (unpaired) electrons. The Labute approximate surface area is 163 Å². The highest BCUT2D eigenvalue weighted by molar-refractivity contribution is 7.09. The smallest absolute Gasteiger partial charge is 0.271 e. The van der Waals surface area contributed by atoms with Crippen LogP contribution in [0.2, 0.25) is 0 Å². The zero-order valence-electron chi connectivity index (χ0n) is 15.8. The van der Waals surface area contributed by atoms with E-state index in [1.165, 1.54) is 0 Å². The third kappa shape index (κ3) is 3.37. The Hall–Kier alpha value is -2.60. The van der Waals surface area contributed by atoms with Crippen LogP contribution >= 0.6 is 11.3 Å². The summed E-state index contributed by atoms with van der Waals surface area (Å²) in [5.41, 5.74) is 3.79. The van der Waals surface area contributed by atoms with Gasteiger partial charge in [0.05, 0.1) is 23.9 Å². The van der Waals surface area contributed by atoms with Gasteiger partial charge in [-0.15, -0.1) is 11.3 Å². The monoisotopic (exact) mass is 381 g/mol. The van der Waals surface area contributed by atoms with E-state index in [2.05, 4.69) is 17.1 Å². The number of aromatic nitrogens is 2. The number of carbonyl (C=O) groups excluding carboxylic acids is 1. The molecule has 6 heteroatoms. The number of rotatable bonds is 4. The number of likely N-dealkylation sites (tertiary alicyclic amines) is 1. The maximum absolute atomic E-state index is 13.3. The lowest BCUT2D eigenvalue weighted by molar-refractivity contribution is 0.0726. The molecule has 1 aliphatic rings. The van der Waals surface area contributed by atoms with Gasteiger partial charge < -0.3 is 14.2 Å². The molecule has 1 saturated heterocycles. The molecule has 0 N–H and O–H groups in total. The summed E-state index contributed by atoms with van der Waals surface area (Å²) in [7, 11) is 3.59. The van der Waals surface area contributed by atoms with Crippen molar-refractivity contribution in [1.29, 1.82) is 0 Å². The molecule has 1 aromatic carbocycles. The quantitative estimate of drug-likeness (QED) is 0.671. The van der Waals surface area contributed by atoms with Crippen LogP contribution in [0.4, 0.5) is 0 Å². The van der Waals surface area contributed by atoms with Gasteiger partial charge in [0.2, 0.25) is 0 Å². The number of benzene rings is 1. The highest BCUT2D eigenvalue weighted by Gasteiger charge is 2.32. The molecule has 1 amide bonds. The third-order valence-electron chi connectivity index (χ3n) is 5.15. The molecular weight excluding hydrogens is 358 g/mol. The highest BCUT2D eigenvalue weighted by atomic mass is 32.1. The maximum Gasteiger partial charge on any atom is 0.271 e. The van der Waals surface area contributed by atoms with Gasteiger partial charge in [0.25, 0.3) is 5.91 Å². The summed E-state index contributed by atoms with van der Waals surface area (Å²) in [5.74, 6) is 0.911. The average Bonchev–Trinajstić information content (AvgIpc) is 3.40. The van der Waals surface area contributed by atoms with Crippen LogP contribution in [0.25, 0.3) is 11.3 Å². The van der Waals surface area contributed by atoms with Crippen LogP contribution in [0.3, 0.4) is 0 Å². The normalized spacial score (nSPS) is 16.7. The van der Waals surface area contributed by atoms with E-state index in [1.54, 1.807) is 18.4 Å². The lowest BCUT2D eigenvalue weighted by atomic mass is 10.0. The van der Waals surface area contributed by atoms with Crippen molar-refractivity contribution in [1.82, 2.24) is 14.5 Å². The molecule has 1 fully saturated rings. The van der Waals surface area contributed by atoms with E-state index in [9.17, 15) is 4.79 Å². The van der Waals surface area contributed by atoms with Crippen molar-refractivity contribution in [2.75, 3.05) is 13.7 Å². The second-order valence-electron chi connectivity index (χ2n) is 6.91. The second-order valence-corrected chi connectivity index (χ2v) is 7.97. The number of ether oxygens (including phenoxy) is 1. The lowest BCUT2D eigenvalue weighted by Crippen LogP contribution is -2.31. The van der Waals surface area contributed by atoms with E-state index in [0.29, 0.717) is 5.69 Å². The Morgan fingerprint density at radius 3 is 2.74 bits per heavy atom. The summed E-state index contributed by atoms with van der Waals surface area (Å²) in [6.45, 7) is 2.78. The molecule has 140 valence electrons. The van der Waals surface area contributed by atoms with Crippen LogP contribution in [0.15, 0.2) is 41.9 Å². The van der Waals surface area contributed by atoms with E-state index in [0.717, 1.165) is 47.0 Å². The predicted octanol–water partition coefficient (Wildman–Crippen LogP) is 4.44. The summed E-state index contributed by atoms with van der Waals surface area (Å²) >= 11 is 1.62. The molecule has 5 nitrogen and oxygen atoms in total. The first-order chi connectivity index (χ1) is 13.1.